The van der Waals surface area contributed by atoms with Gasteiger partial charge in [-0.2, -0.15) is 0 Å². The summed E-state index contributed by atoms with van der Waals surface area (Å²) in [7, 11) is 2.63. The van der Waals surface area contributed by atoms with E-state index in [0.29, 0.717) is 18.9 Å². The lowest BCUT2D eigenvalue weighted by Crippen LogP contribution is -2.41. The summed E-state index contributed by atoms with van der Waals surface area (Å²) in [6, 6.07) is 0. The van der Waals surface area contributed by atoms with Gasteiger partial charge in [0.2, 0.25) is 0 Å². The van der Waals surface area contributed by atoms with E-state index < -0.39 is 5.60 Å². The molecule has 126 valence electrons. The normalized spacial score (nSPS) is 18.6. The topological polar surface area (TPSA) is 44.8 Å². The maximum absolute atomic E-state index is 12.2. The Balaban J connectivity index is 4.31. The molecule has 0 spiro atoms. The van der Waals surface area contributed by atoms with Gasteiger partial charge in [-0.3, -0.25) is 0 Å². The van der Waals surface area contributed by atoms with Gasteiger partial charge < -0.3 is 14.2 Å². The summed E-state index contributed by atoms with van der Waals surface area (Å²) in [5, 5.41) is 0. The fourth-order valence-corrected chi connectivity index (χ4v) is 1.71. The first-order valence-corrected chi connectivity index (χ1v) is 8.86. The maximum Gasteiger partial charge on any atom is 0.338 e. The summed E-state index contributed by atoms with van der Waals surface area (Å²) in [5.74, 6) is 0.364. The van der Waals surface area contributed by atoms with E-state index in [4.69, 9.17) is 25.8 Å². The second-order valence-corrected chi connectivity index (χ2v) is 6.53. The quantitative estimate of drug-likeness (QED) is 0.329. The van der Waals surface area contributed by atoms with Crippen LogP contribution in [0, 0.1) is 5.92 Å². The fourth-order valence-electron chi connectivity index (χ4n) is 1.51. The predicted octanol–water partition coefficient (Wildman–Crippen LogP) is 3.26. The number of ether oxygens (including phenoxy) is 3. The van der Waals surface area contributed by atoms with Crippen molar-refractivity contribution in [3.05, 3.63) is 0 Å². The molecule has 0 amide bonds. The first kappa shape index (κ1) is 21.1. The standard InChI is InChI=1S/C15H30ClO4P/c1-6-15(5,19-8-11(2)7-16)14(17)18-9-12(3)20-13(4)10-21/h11-13H,6-10,21H2,1-5H3. The van der Waals surface area contributed by atoms with E-state index >= 15 is 0 Å². The Morgan fingerprint density at radius 1 is 1.24 bits per heavy atom. The molecule has 21 heavy (non-hydrogen) atoms. The van der Waals surface area contributed by atoms with Gasteiger partial charge >= 0.3 is 5.97 Å². The molecule has 0 aliphatic heterocycles. The van der Waals surface area contributed by atoms with Gasteiger partial charge in [-0.15, -0.1) is 20.8 Å². The van der Waals surface area contributed by atoms with Gasteiger partial charge in [0.1, 0.15) is 6.61 Å². The number of alkyl halides is 1. The molecule has 0 heterocycles. The van der Waals surface area contributed by atoms with E-state index in [-0.39, 0.29) is 30.7 Å². The third-order valence-corrected chi connectivity index (χ3v) is 4.49. The number of rotatable bonds is 11. The molecule has 0 fully saturated rings. The summed E-state index contributed by atoms with van der Waals surface area (Å²) in [6.45, 7) is 10.2. The van der Waals surface area contributed by atoms with Crippen LogP contribution in [-0.4, -0.2) is 49.0 Å². The predicted molar refractivity (Wildman–Crippen MR) is 90.1 cm³/mol. The number of hydrogen-bond donors (Lipinski definition) is 0. The van der Waals surface area contributed by atoms with Crippen molar-refractivity contribution in [3.8, 4) is 0 Å². The van der Waals surface area contributed by atoms with Crippen LogP contribution in [0.15, 0.2) is 0 Å². The molecule has 4 nitrogen and oxygen atoms in total. The van der Waals surface area contributed by atoms with E-state index in [1.165, 1.54) is 0 Å². The van der Waals surface area contributed by atoms with Crippen LogP contribution in [0.4, 0.5) is 0 Å². The minimum atomic E-state index is -0.924. The molecule has 0 saturated carbocycles. The second kappa shape index (κ2) is 10.8. The Morgan fingerprint density at radius 2 is 1.86 bits per heavy atom. The SMILES string of the molecule is CCC(C)(OCC(C)CCl)C(=O)OCC(C)OC(C)CP. The van der Waals surface area contributed by atoms with Crippen LogP contribution in [0.1, 0.15) is 41.0 Å². The van der Waals surface area contributed by atoms with Gasteiger partial charge in [-0.05, 0) is 39.3 Å². The molecule has 0 aromatic carbocycles. The van der Waals surface area contributed by atoms with Crippen LogP contribution >= 0.6 is 20.8 Å². The molecule has 0 aliphatic rings. The van der Waals surface area contributed by atoms with Crippen molar-refractivity contribution in [1.29, 1.82) is 0 Å². The van der Waals surface area contributed by atoms with Gasteiger partial charge in [0.05, 0.1) is 18.8 Å². The molecular weight excluding hydrogens is 311 g/mol. The minimum absolute atomic E-state index is 0.127. The van der Waals surface area contributed by atoms with Crippen molar-refractivity contribution in [1.82, 2.24) is 0 Å². The summed E-state index contributed by atoms with van der Waals surface area (Å²) in [6.07, 6.45) is 1.40. The Bertz CT molecular complexity index is 303. The monoisotopic (exact) mass is 340 g/mol. The van der Waals surface area contributed by atoms with Crippen LogP contribution in [0.5, 0.6) is 0 Å². The summed E-state index contributed by atoms with van der Waals surface area (Å²) < 4.78 is 16.7. The molecule has 0 rings (SSSR count). The molecule has 0 N–H and O–H groups in total. The van der Waals surface area contributed by atoms with Gasteiger partial charge in [0.25, 0.3) is 0 Å². The van der Waals surface area contributed by atoms with E-state index in [1.54, 1.807) is 6.92 Å². The van der Waals surface area contributed by atoms with Crippen molar-refractivity contribution in [2.24, 2.45) is 5.92 Å². The van der Waals surface area contributed by atoms with Crippen molar-refractivity contribution < 1.29 is 19.0 Å². The molecular formula is C15H30ClO4P. The van der Waals surface area contributed by atoms with E-state index in [1.807, 2.05) is 27.7 Å². The van der Waals surface area contributed by atoms with Crippen molar-refractivity contribution in [2.75, 3.05) is 25.3 Å². The smallest absolute Gasteiger partial charge is 0.338 e. The zero-order valence-corrected chi connectivity index (χ0v) is 15.8. The molecule has 5 unspecified atom stereocenters. The van der Waals surface area contributed by atoms with Gasteiger partial charge in [0.15, 0.2) is 5.60 Å². The average molecular weight is 341 g/mol. The van der Waals surface area contributed by atoms with E-state index in [0.717, 1.165) is 6.16 Å². The van der Waals surface area contributed by atoms with Crippen LogP contribution in [-0.2, 0) is 19.0 Å². The summed E-state index contributed by atoms with van der Waals surface area (Å²) >= 11 is 5.75. The molecule has 0 saturated heterocycles. The summed E-state index contributed by atoms with van der Waals surface area (Å²) in [5.41, 5.74) is -0.924. The van der Waals surface area contributed by atoms with Crippen LogP contribution in [0.25, 0.3) is 0 Å². The molecule has 0 aliphatic carbocycles. The fraction of sp³-hybridized carbons (Fsp3) is 0.933. The first-order valence-electron chi connectivity index (χ1n) is 7.51. The number of esters is 1. The number of halogens is 1. The van der Waals surface area contributed by atoms with Crippen molar-refractivity contribution in [3.63, 3.8) is 0 Å². The van der Waals surface area contributed by atoms with E-state index in [9.17, 15) is 4.79 Å². The molecule has 0 aromatic rings. The highest BCUT2D eigenvalue weighted by Crippen LogP contribution is 2.19. The Hall–Kier alpha value is 0.110. The second-order valence-electron chi connectivity index (χ2n) is 5.75. The highest BCUT2D eigenvalue weighted by molar-refractivity contribution is 7.16. The number of hydrogen-bond acceptors (Lipinski definition) is 4. The first-order chi connectivity index (χ1) is 9.78. The van der Waals surface area contributed by atoms with E-state index in [2.05, 4.69) is 9.24 Å². The highest BCUT2D eigenvalue weighted by Gasteiger charge is 2.34. The van der Waals surface area contributed by atoms with Crippen molar-refractivity contribution >= 4 is 26.8 Å². The maximum atomic E-state index is 12.2. The molecule has 5 atom stereocenters. The lowest BCUT2D eigenvalue weighted by molar-refractivity contribution is -0.176. The summed E-state index contributed by atoms with van der Waals surface area (Å²) in [4.78, 5) is 12.2. The minimum Gasteiger partial charge on any atom is -0.461 e. The van der Waals surface area contributed by atoms with Gasteiger partial charge in [0, 0.05) is 5.88 Å². The number of carbonyl (C=O) groups excluding carboxylic acids is 1. The Labute approximate surface area is 136 Å². The molecule has 0 aromatic heterocycles. The molecule has 0 radical (unpaired) electrons. The Kier molecular flexibility index (Phi) is 10.8. The zero-order valence-electron chi connectivity index (χ0n) is 13.9. The largest absolute Gasteiger partial charge is 0.461 e. The van der Waals surface area contributed by atoms with Crippen LogP contribution in [0.2, 0.25) is 0 Å². The van der Waals surface area contributed by atoms with Crippen LogP contribution < -0.4 is 0 Å². The Morgan fingerprint density at radius 3 is 2.33 bits per heavy atom. The lowest BCUT2D eigenvalue weighted by Gasteiger charge is -2.28. The third-order valence-electron chi connectivity index (χ3n) is 3.30. The van der Waals surface area contributed by atoms with Crippen LogP contribution in [0.3, 0.4) is 0 Å². The van der Waals surface area contributed by atoms with Crippen molar-refractivity contribution in [2.45, 2.75) is 58.8 Å². The number of carbonyl (C=O) groups is 1. The van der Waals surface area contributed by atoms with Gasteiger partial charge in [-0.1, -0.05) is 13.8 Å². The highest BCUT2D eigenvalue weighted by atomic mass is 35.5. The molecule has 0 bridgehead atoms. The average Bonchev–Trinajstić information content (AvgIpc) is 2.49. The molecule has 6 heteroatoms. The lowest BCUT2D eigenvalue weighted by atomic mass is 10.0. The zero-order chi connectivity index (χ0) is 16.5. The third kappa shape index (κ3) is 8.35. The van der Waals surface area contributed by atoms with Gasteiger partial charge in [-0.25, -0.2) is 4.79 Å².